The fourth-order valence-corrected chi connectivity index (χ4v) is 4.65. The highest BCUT2D eigenvalue weighted by atomic mass is 16.5. The van der Waals surface area contributed by atoms with Crippen molar-refractivity contribution in [1.82, 2.24) is 15.5 Å². The molecule has 1 unspecified atom stereocenters. The lowest BCUT2D eigenvalue weighted by Crippen LogP contribution is -2.31. The van der Waals surface area contributed by atoms with E-state index in [1.54, 1.807) is 43.0 Å². The van der Waals surface area contributed by atoms with E-state index in [1.807, 2.05) is 20.8 Å². The Labute approximate surface area is 228 Å². The van der Waals surface area contributed by atoms with Crippen LogP contribution in [-0.4, -0.2) is 64.8 Å². The number of aliphatic hydroxyl groups is 1. The first-order chi connectivity index (χ1) is 18.3. The normalized spacial score (nSPS) is 13.6. The summed E-state index contributed by atoms with van der Waals surface area (Å²) in [6.07, 6.45) is 0. The largest absolute Gasteiger partial charge is 0.507 e. The molecule has 0 aliphatic carbocycles. The van der Waals surface area contributed by atoms with Gasteiger partial charge in [0, 0.05) is 42.3 Å². The summed E-state index contributed by atoms with van der Waals surface area (Å²) >= 11 is 0. The summed E-state index contributed by atoms with van der Waals surface area (Å²) < 4.78 is 5.67. The monoisotopic (exact) mass is 538 g/mol. The maximum atomic E-state index is 13.5. The average Bonchev–Trinajstić information content (AvgIpc) is 3.14. The SMILES string of the molecule is CCOc1cc2c(cc1C(=O)NCCO)C(=N)N(CC(=O)c1cc(C(C)NC(C)=O)c(O)c(C(C)(C)C)c1)C2. The van der Waals surface area contributed by atoms with Crippen LogP contribution < -0.4 is 15.4 Å². The minimum Gasteiger partial charge on any atom is -0.507 e. The topological polar surface area (TPSA) is 152 Å². The Morgan fingerprint density at radius 2 is 1.87 bits per heavy atom. The molecule has 1 heterocycles. The fourth-order valence-electron chi connectivity index (χ4n) is 4.65. The molecule has 210 valence electrons. The second-order valence-corrected chi connectivity index (χ2v) is 10.7. The number of benzene rings is 2. The van der Waals surface area contributed by atoms with Gasteiger partial charge >= 0.3 is 0 Å². The van der Waals surface area contributed by atoms with Crippen LogP contribution in [0.1, 0.15) is 90.6 Å². The lowest BCUT2D eigenvalue weighted by Gasteiger charge is -2.26. The van der Waals surface area contributed by atoms with Crippen molar-refractivity contribution >= 4 is 23.4 Å². The van der Waals surface area contributed by atoms with Gasteiger partial charge in [-0.25, -0.2) is 0 Å². The minimum absolute atomic E-state index is 0.0390. The number of aromatic hydroxyl groups is 1. The average molecular weight is 539 g/mol. The van der Waals surface area contributed by atoms with Crippen molar-refractivity contribution in [3.05, 3.63) is 57.6 Å². The summed E-state index contributed by atoms with van der Waals surface area (Å²) in [7, 11) is 0. The number of Topliss-reactive ketones (excluding diaryl/α,β-unsaturated/α-hetero) is 1. The highest BCUT2D eigenvalue weighted by molar-refractivity contribution is 6.07. The van der Waals surface area contributed by atoms with E-state index in [2.05, 4.69) is 10.6 Å². The number of fused-ring (bicyclic) bond motifs is 1. The molecule has 2 amide bonds. The fraction of sp³-hybridized carbons (Fsp3) is 0.448. The number of carbonyl (C=O) groups excluding carboxylic acids is 3. The van der Waals surface area contributed by atoms with E-state index in [0.717, 1.165) is 5.56 Å². The third-order valence-corrected chi connectivity index (χ3v) is 6.57. The number of rotatable bonds is 10. The smallest absolute Gasteiger partial charge is 0.255 e. The first kappa shape index (κ1) is 29.6. The van der Waals surface area contributed by atoms with Gasteiger partial charge in [-0.05, 0) is 49.1 Å². The Bertz CT molecular complexity index is 1300. The third-order valence-electron chi connectivity index (χ3n) is 6.57. The lowest BCUT2D eigenvalue weighted by molar-refractivity contribution is -0.119. The molecule has 2 aromatic rings. The molecule has 1 aliphatic heterocycles. The molecule has 2 aromatic carbocycles. The van der Waals surface area contributed by atoms with Crippen LogP contribution in [0.5, 0.6) is 11.5 Å². The molecule has 0 spiro atoms. The molecule has 0 saturated heterocycles. The number of amides is 2. The third kappa shape index (κ3) is 6.57. The molecule has 0 radical (unpaired) electrons. The number of hydrogen-bond donors (Lipinski definition) is 5. The molecule has 0 aromatic heterocycles. The Balaban J connectivity index is 1.93. The van der Waals surface area contributed by atoms with Crippen LogP contribution in [0.15, 0.2) is 24.3 Å². The van der Waals surface area contributed by atoms with Gasteiger partial charge in [0.05, 0.1) is 31.4 Å². The lowest BCUT2D eigenvalue weighted by atomic mass is 9.82. The quantitative estimate of drug-likeness (QED) is 0.292. The van der Waals surface area contributed by atoms with Gasteiger partial charge in [0.25, 0.3) is 5.91 Å². The van der Waals surface area contributed by atoms with E-state index in [9.17, 15) is 19.5 Å². The Morgan fingerprint density at radius 3 is 2.46 bits per heavy atom. The predicted octanol–water partition coefficient (Wildman–Crippen LogP) is 3.03. The number of nitrogens with zero attached hydrogens (tertiary/aromatic N) is 1. The van der Waals surface area contributed by atoms with E-state index in [0.29, 0.717) is 34.6 Å². The van der Waals surface area contributed by atoms with Crippen molar-refractivity contribution < 1.29 is 29.3 Å². The molecule has 1 atom stereocenters. The summed E-state index contributed by atoms with van der Waals surface area (Å²) in [6.45, 7) is 11.2. The molecule has 0 saturated carbocycles. The van der Waals surface area contributed by atoms with Crippen LogP contribution in [-0.2, 0) is 16.8 Å². The molecule has 1 aliphatic rings. The van der Waals surface area contributed by atoms with Crippen molar-refractivity contribution in [2.45, 2.75) is 59.5 Å². The molecule has 39 heavy (non-hydrogen) atoms. The van der Waals surface area contributed by atoms with Gasteiger partial charge in [-0.2, -0.15) is 0 Å². The zero-order valence-electron chi connectivity index (χ0n) is 23.4. The molecular formula is C29H38N4O6. The van der Waals surface area contributed by atoms with Gasteiger partial charge in [-0.15, -0.1) is 0 Å². The molecule has 3 rings (SSSR count). The predicted molar refractivity (Wildman–Crippen MR) is 148 cm³/mol. The second kappa shape index (κ2) is 11.9. The van der Waals surface area contributed by atoms with E-state index in [-0.39, 0.29) is 55.1 Å². The molecule has 0 fully saturated rings. The van der Waals surface area contributed by atoms with Crippen LogP contribution in [0.4, 0.5) is 0 Å². The maximum absolute atomic E-state index is 13.5. The molecule has 0 bridgehead atoms. The van der Waals surface area contributed by atoms with Crippen LogP contribution in [0.3, 0.4) is 0 Å². The summed E-state index contributed by atoms with van der Waals surface area (Å²) in [6, 6.07) is 6.06. The van der Waals surface area contributed by atoms with Crippen molar-refractivity contribution in [3.8, 4) is 11.5 Å². The van der Waals surface area contributed by atoms with Gasteiger partial charge in [0.15, 0.2) is 5.78 Å². The Kier molecular flexibility index (Phi) is 9.01. The van der Waals surface area contributed by atoms with Crippen molar-refractivity contribution in [1.29, 1.82) is 5.41 Å². The van der Waals surface area contributed by atoms with E-state index in [4.69, 9.17) is 15.3 Å². The van der Waals surface area contributed by atoms with Crippen molar-refractivity contribution in [3.63, 3.8) is 0 Å². The first-order valence-electron chi connectivity index (χ1n) is 13.0. The van der Waals surface area contributed by atoms with Crippen molar-refractivity contribution in [2.24, 2.45) is 0 Å². The Hall–Kier alpha value is -3.92. The Morgan fingerprint density at radius 1 is 1.18 bits per heavy atom. The van der Waals surface area contributed by atoms with Crippen LogP contribution >= 0.6 is 0 Å². The van der Waals surface area contributed by atoms with E-state index < -0.39 is 17.4 Å². The number of carbonyl (C=O) groups is 3. The second-order valence-electron chi connectivity index (χ2n) is 10.7. The standard InChI is InChI=1S/C29H38N4O6/c1-7-39-25-12-19-14-33(27(30)21(19)13-22(25)28(38)31-8-9-34)15-24(36)18-10-20(16(2)32-17(3)35)26(37)23(11-18)29(4,5)6/h10-13,16,30,34,37H,7-9,14-15H2,1-6H3,(H,31,38)(H,32,35). The van der Waals surface area contributed by atoms with E-state index in [1.165, 1.54) is 6.92 Å². The molecule has 10 heteroatoms. The molecule has 10 nitrogen and oxygen atoms in total. The zero-order chi connectivity index (χ0) is 29.1. The van der Waals surface area contributed by atoms with Gasteiger partial charge in [-0.1, -0.05) is 20.8 Å². The summed E-state index contributed by atoms with van der Waals surface area (Å²) in [5, 5.41) is 34.2. The highest BCUT2D eigenvalue weighted by Gasteiger charge is 2.31. The number of amidine groups is 1. The van der Waals surface area contributed by atoms with Gasteiger partial charge in [-0.3, -0.25) is 19.8 Å². The number of hydrogen-bond acceptors (Lipinski definition) is 7. The number of aliphatic hydroxyl groups excluding tert-OH is 1. The summed E-state index contributed by atoms with van der Waals surface area (Å²) in [5.74, 6) is -0.401. The van der Waals surface area contributed by atoms with Crippen LogP contribution in [0.25, 0.3) is 0 Å². The number of nitrogens with one attached hydrogen (secondary N) is 3. The first-order valence-corrected chi connectivity index (χ1v) is 13.0. The van der Waals surface area contributed by atoms with Crippen molar-refractivity contribution in [2.75, 3.05) is 26.3 Å². The zero-order valence-corrected chi connectivity index (χ0v) is 23.4. The molecule has 5 N–H and O–H groups in total. The van der Waals surface area contributed by atoms with Gasteiger partial charge in [0.2, 0.25) is 5.91 Å². The maximum Gasteiger partial charge on any atom is 0.255 e. The van der Waals surface area contributed by atoms with Crippen LogP contribution in [0.2, 0.25) is 0 Å². The minimum atomic E-state index is -0.516. The summed E-state index contributed by atoms with van der Waals surface area (Å²) in [4.78, 5) is 39.5. The van der Waals surface area contributed by atoms with Gasteiger partial charge < -0.3 is 30.5 Å². The number of ketones is 1. The van der Waals surface area contributed by atoms with Gasteiger partial charge in [0.1, 0.15) is 17.3 Å². The van der Waals surface area contributed by atoms with E-state index >= 15 is 0 Å². The molecular weight excluding hydrogens is 500 g/mol. The summed E-state index contributed by atoms with van der Waals surface area (Å²) in [5.41, 5.74) is 2.47. The number of ether oxygens (including phenoxy) is 1. The number of phenolic OH excluding ortho intramolecular Hbond substituents is 1. The highest BCUT2D eigenvalue weighted by Crippen LogP contribution is 2.38. The van der Waals surface area contributed by atoms with Crippen LogP contribution in [0, 0.1) is 5.41 Å². The number of phenols is 1.